The molecule has 0 heterocycles. The van der Waals surface area contributed by atoms with Crippen molar-refractivity contribution in [2.45, 2.75) is 50.3 Å². The van der Waals surface area contributed by atoms with Crippen LogP contribution in [0.15, 0.2) is 169 Å². The fourth-order valence-corrected chi connectivity index (χ4v) is 9.91. The van der Waals surface area contributed by atoms with Gasteiger partial charge in [-0.1, -0.05) is 128 Å². The molecule has 1 amide bonds. The van der Waals surface area contributed by atoms with Crippen molar-refractivity contribution in [1.29, 1.82) is 0 Å². The molecule has 0 unspecified atom stereocenters. The molecule has 8 rings (SSSR count). The first-order chi connectivity index (χ1) is 36.3. The van der Waals surface area contributed by atoms with Crippen LogP contribution in [-0.4, -0.2) is 93.8 Å². The Morgan fingerprint density at radius 2 is 1.04 bits per heavy atom. The van der Waals surface area contributed by atoms with Crippen LogP contribution in [-0.2, 0) is 33.1 Å². The second kappa shape index (κ2) is 26.1. The molecule has 0 saturated carbocycles. The number of benzene rings is 8. The number of rotatable bonds is 16. The van der Waals surface area contributed by atoms with Crippen molar-refractivity contribution in [3.8, 4) is 23.0 Å². The normalized spacial score (nSPS) is 11.9. The van der Waals surface area contributed by atoms with Gasteiger partial charge in [0.25, 0.3) is 26.1 Å². The number of hydrogen-bond donors (Lipinski definition) is 4. The molecular formula is C54H46CaCl2N6O12S2. The summed E-state index contributed by atoms with van der Waals surface area (Å²) in [6, 6.07) is 35.7. The van der Waals surface area contributed by atoms with E-state index in [9.17, 15) is 46.1 Å². The van der Waals surface area contributed by atoms with E-state index in [-0.39, 0.29) is 87.3 Å². The van der Waals surface area contributed by atoms with Crippen LogP contribution in [0.2, 0.25) is 10.0 Å². The average Bonchev–Trinajstić information content (AvgIpc) is 3.39. The number of aryl methyl sites for hydroxylation is 2. The van der Waals surface area contributed by atoms with Gasteiger partial charge in [0, 0.05) is 10.8 Å². The fraction of sp³-hybridized carbons (Fsp3) is 0.148. The minimum Gasteiger partial charge on any atom is -0.871 e. The monoisotopic (exact) mass is 1140 g/mol. The predicted molar refractivity (Wildman–Crippen MR) is 294 cm³/mol. The van der Waals surface area contributed by atoms with Crippen LogP contribution < -0.4 is 25.0 Å². The van der Waals surface area contributed by atoms with Crippen LogP contribution in [0.25, 0.3) is 21.5 Å². The number of amides is 1. The summed E-state index contributed by atoms with van der Waals surface area (Å²) in [5, 5.41) is 58.6. The summed E-state index contributed by atoms with van der Waals surface area (Å²) < 4.78 is 77.1. The van der Waals surface area contributed by atoms with Gasteiger partial charge < -0.3 is 30.1 Å². The number of fused-ring (bicyclic) bond motifs is 2. The van der Waals surface area contributed by atoms with E-state index < -0.39 is 53.3 Å². The Morgan fingerprint density at radius 1 is 0.597 bits per heavy atom. The molecule has 77 heavy (non-hydrogen) atoms. The van der Waals surface area contributed by atoms with Crippen LogP contribution in [0, 0.1) is 0 Å². The molecule has 0 atom stereocenters. The number of hydrogen-bond acceptors (Lipinski definition) is 15. The summed E-state index contributed by atoms with van der Waals surface area (Å²) in [6.45, 7) is 8.02. The van der Waals surface area contributed by atoms with Gasteiger partial charge in [-0.05, 0) is 109 Å². The zero-order valence-electron chi connectivity index (χ0n) is 41.6. The van der Waals surface area contributed by atoms with Crippen molar-refractivity contribution in [3.05, 3.63) is 166 Å². The molecule has 0 spiro atoms. The third-order valence-electron chi connectivity index (χ3n) is 11.4. The Morgan fingerprint density at radius 3 is 1.57 bits per heavy atom. The smallest absolute Gasteiger partial charge is 0.871 e. The summed E-state index contributed by atoms with van der Waals surface area (Å²) in [5.74, 6) is -1.65. The molecule has 0 bridgehead atoms. The number of para-hydroxylation sites is 4. The van der Waals surface area contributed by atoms with E-state index in [4.69, 9.17) is 32.7 Å². The molecule has 0 aliphatic carbocycles. The van der Waals surface area contributed by atoms with Crippen molar-refractivity contribution in [2.24, 2.45) is 25.4 Å². The van der Waals surface area contributed by atoms with Gasteiger partial charge in [0.2, 0.25) is 0 Å². The van der Waals surface area contributed by atoms with Gasteiger partial charge in [0.1, 0.15) is 44.0 Å². The van der Waals surface area contributed by atoms with E-state index in [0.717, 1.165) is 0 Å². The minimum absolute atomic E-state index is 0. The summed E-state index contributed by atoms with van der Waals surface area (Å²) in [5.41, 5.74) is 1.38. The van der Waals surface area contributed by atoms with Gasteiger partial charge in [-0.15, -0.1) is 15.3 Å². The topological polar surface area (TPSA) is 284 Å². The standard InChI is InChI=1S/2C27H24ClN3O6S.Ca/c2*1-3-16-13-14-22(38(34,35)36)23(28)24(16)30-31-25-18-10-6-5-9-17(18)15-19(26(25)32)27(33)29-20-11-7-8-12-21(20)37-4-2;/h2*5-15,32H,3-4H2,1-2H3,(H,29,33)(H,34,35,36);/q;;+2/p-2. The second-order valence-corrected chi connectivity index (χ2v) is 19.7. The summed E-state index contributed by atoms with van der Waals surface area (Å²) >= 11 is 12.5. The quantitative estimate of drug-likeness (QED) is 0.0231. The number of ether oxygens (including phenoxy) is 2. The first-order valence-corrected chi connectivity index (χ1v) is 26.8. The summed E-state index contributed by atoms with van der Waals surface area (Å²) in [7, 11) is -9.23. The molecular weight excluding hydrogens is 1100 g/mol. The third kappa shape index (κ3) is 13.7. The Labute approximate surface area is 483 Å². The number of nitrogens with zero attached hydrogens (tertiary/aromatic N) is 5. The van der Waals surface area contributed by atoms with Crippen molar-refractivity contribution < 1.29 is 55.5 Å². The number of phenols is 1. The average molecular weight is 1150 g/mol. The van der Waals surface area contributed by atoms with Gasteiger partial charge in [0.05, 0.1) is 40.2 Å². The van der Waals surface area contributed by atoms with E-state index in [0.29, 0.717) is 75.9 Å². The van der Waals surface area contributed by atoms with E-state index in [1.165, 1.54) is 36.4 Å². The number of carbonyl (C=O) groups excluding carboxylic acids is 1. The van der Waals surface area contributed by atoms with Crippen molar-refractivity contribution in [3.63, 3.8) is 0 Å². The maximum atomic E-state index is 13.5. The van der Waals surface area contributed by atoms with Gasteiger partial charge in [-0.3, -0.25) is 18.9 Å². The second-order valence-electron chi connectivity index (χ2n) is 16.2. The van der Waals surface area contributed by atoms with E-state index in [1.54, 1.807) is 111 Å². The number of phenolic OH excluding ortho intramolecular Hbond substituents is 1. The Kier molecular flexibility index (Phi) is 20.2. The Hall–Kier alpha value is -6.72. The largest absolute Gasteiger partial charge is 2.00 e. The SMILES string of the molecule is CCOc1ccccc1N=C([O-])c1cc2ccccc2c(N=Nc2c(CC)ccc(S(=O)(=O)O)c2Cl)c1[O-].CCOc1ccccc1NC(=O)c1cc2ccccc2c(N=Nc2c(CC)ccc(S(=O)(=O)O)c2Cl)c1O.[Ca+2]. The van der Waals surface area contributed by atoms with Gasteiger partial charge in [0.15, 0.2) is 5.75 Å². The van der Waals surface area contributed by atoms with Crippen molar-refractivity contribution >= 4 is 149 Å². The zero-order valence-corrected chi connectivity index (χ0v) is 46.9. The van der Waals surface area contributed by atoms with Gasteiger partial charge in [-0.2, -0.15) is 21.9 Å². The van der Waals surface area contributed by atoms with Crippen LogP contribution >= 0.6 is 23.2 Å². The first kappa shape index (κ1) is 59.5. The number of aromatic hydroxyl groups is 1. The molecule has 0 aromatic heterocycles. The Bertz CT molecular complexity index is 3860. The number of nitrogens with one attached hydrogen (secondary N) is 1. The van der Waals surface area contributed by atoms with Crippen LogP contribution in [0.4, 0.5) is 34.1 Å². The molecule has 0 fully saturated rings. The first-order valence-electron chi connectivity index (χ1n) is 23.2. The van der Waals surface area contributed by atoms with E-state index >= 15 is 0 Å². The van der Waals surface area contributed by atoms with Crippen molar-refractivity contribution in [2.75, 3.05) is 18.5 Å². The molecule has 0 saturated heterocycles. The van der Waals surface area contributed by atoms with E-state index in [2.05, 4.69) is 30.8 Å². The van der Waals surface area contributed by atoms with Crippen LogP contribution in [0.1, 0.15) is 54.7 Å². The van der Waals surface area contributed by atoms with Crippen LogP contribution in [0.3, 0.4) is 0 Å². The molecule has 0 radical (unpaired) electrons. The summed E-state index contributed by atoms with van der Waals surface area (Å²) in [4.78, 5) is 16.3. The molecule has 0 aliphatic heterocycles. The van der Waals surface area contributed by atoms with Crippen LogP contribution in [0.5, 0.6) is 23.0 Å². The number of azo groups is 2. The molecule has 18 nitrogen and oxygen atoms in total. The number of carbonyl (C=O) groups is 1. The maximum Gasteiger partial charge on any atom is 2.00 e. The summed E-state index contributed by atoms with van der Waals surface area (Å²) in [6.07, 6.45) is 0.857. The molecule has 8 aromatic rings. The molecule has 23 heteroatoms. The number of aliphatic imine (C=N–C) groups is 1. The van der Waals surface area contributed by atoms with Gasteiger partial charge in [-0.25, -0.2) is 0 Å². The molecule has 0 aliphatic rings. The minimum atomic E-state index is -4.62. The maximum absolute atomic E-state index is 13.5. The number of halogens is 2. The third-order valence-corrected chi connectivity index (χ3v) is 14.2. The van der Waals surface area contributed by atoms with Gasteiger partial charge >= 0.3 is 37.7 Å². The fourth-order valence-electron chi connectivity index (χ4n) is 7.75. The molecule has 8 aromatic carbocycles. The Balaban J connectivity index is 0.000000246. The van der Waals surface area contributed by atoms with E-state index in [1.807, 2.05) is 13.8 Å². The molecule has 4 N–H and O–H groups in total. The molecule has 392 valence electrons. The number of anilines is 1. The van der Waals surface area contributed by atoms with Crippen molar-refractivity contribution in [1.82, 2.24) is 0 Å². The predicted octanol–water partition coefficient (Wildman–Crippen LogP) is 12.3. The zero-order chi connectivity index (χ0) is 54.9.